The average Bonchev–Trinajstić information content (AvgIpc) is 2.77. The fraction of sp³-hybridized carbons (Fsp3) is 0.333. The van der Waals surface area contributed by atoms with Crippen molar-refractivity contribution in [3.63, 3.8) is 0 Å². The van der Waals surface area contributed by atoms with Gasteiger partial charge in [0.25, 0.3) is 5.91 Å². The van der Waals surface area contributed by atoms with Gasteiger partial charge in [0.2, 0.25) is 0 Å². The number of esters is 1. The van der Waals surface area contributed by atoms with Crippen LogP contribution in [-0.2, 0) is 11.8 Å². The molecule has 2 rings (SSSR count). The first-order valence-electron chi connectivity index (χ1n) is 8.05. The second-order valence-corrected chi connectivity index (χ2v) is 5.74. The maximum absolute atomic E-state index is 12.6. The zero-order chi connectivity index (χ0) is 20.4. The quantitative estimate of drug-likeness (QED) is 0.792. The number of amides is 1. The number of aromatic nitrogens is 1. The zero-order valence-electron chi connectivity index (χ0n) is 15.2. The Morgan fingerprint density at radius 3 is 2.26 bits per heavy atom. The molecule has 9 heteroatoms. The normalized spacial score (nSPS) is 11.2. The highest BCUT2D eigenvalue weighted by Gasteiger charge is 2.31. The van der Waals surface area contributed by atoms with Crippen molar-refractivity contribution in [3.05, 3.63) is 46.8 Å². The van der Waals surface area contributed by atoms with Crippen LogP contribution in [-0.4, -0.2) is 29.4 Å². The van der Waals surface area contributed by atoms with Crippen molar-refractivity contribution in [2.24, 2.45) is 7.05 Å². The van der Waals surface area contributed by atoms with Crippen LogP contribution in [0.5, 0.6) is 5.75 Å². The smallest absolute Gasteiger partial charge is 0.461 e. The highest BCUT2D eigenvalue weighted by atomic mass is 19.4. The molecule has 1 aromatic heterocycles. The summed E-state index contributed by atoms with van der Waals surface area (Å²) in [4.78, 5) is 24.7. The standard InChI is InChI=1S/C18H19F3N2O4/c1-5-26-17(25)15-10(2)14(11(3)23(15)4)16(24)22-12-6-8-13(9-7-12)27-18(19,20)21/h6-9H,5H2,1-4H3,(H,22,24). The molecule has 0 radical (unpaired) electrons. The number of nitrogens with one attached hydrogen (secondary N) is 1. The van der Waals surface area contributed by atoms with E-state index in [9.17, 15) is 22.8 Å². The predicted octanol–water partition coefficient (Wildman–Crippen LogP) is 3.97. The van der Waals surface area contributed by atoms with Gasteiger partial charge in [-0.05, 0) is 50.6 Å². The Bertz CT molecular complexity index is 855. The largest absolute Gasteiger partial charge is 0.573 e. The molecule has 0 saturated carbocycles. The molecule has 146 valence electrons. The number of rotatable bonds is 5. The molecule has 0 aliphatic carbocycles. The average molecular weight is 384 g/mol. The lowest BCUT2D eigenvalue weighted by atomic mass is 10.1. The number of benzene rings is 1. The third-order valence-electron chi connectivity index (χ3n) is 3.97. The lowest BCUT2D eigenvalue weighted by molar-refractivity contribution is -0.274. The molecule has 6 nitrogen and oxygen atoms in total. The predicted molar refractivity (Wildman–Crippen MR) is 91.9 cm³/mol. The van der Waals surface area contributed by atoms with Gasteiger partial charge in [-0.2, -0.15) is 0 Å². The van der Waals surface area contributed by atoms with Crippen LogP contribution in [0.3, 0.4) is 0 Å². The third kappa shape index (κ3) is 4.60. The minimum atomic E-state index is -4.79. The summed E-state index contributed by atoms with van der Waals surface area (Å²) in [7, 11) is 1.65. The topological polar surface area (TPSA) is 69.6 Å². The van der Waals surface area contributed by atoms with Gasteiger partial charge in [-0.3, -0.25) is 4.79 Å². The first-order valence-corrected chi connectivity index (χ1v) is 8.05. The molecular formula is C18H19F3N2O4. The molecule has 0 fully saturated rings. The molecule has 0 unspecified atom stereocenters. The van der Waals surface area contributed by atoms with Crippen LogP contribution < -0.4 is 10.1 Å². The van der Waals surface area contributed by atoms with E-state index < -0.39 is 24.0 Å². The van der Waals surface area contributed by atoms with Gasteiger partial charge >= 0.3 is 12.3 Å². The summed E-state index contributed by atoms with van der Waals surface area (Å²) < 4.78 is 46.9. The molecule has 27 heavy (non-hydrogen) atoms. The van der Waals surface area contributed by atoms with E-state index in [1.165, 1.54) is 12.1 Å². The van der Waals surface area contributed by atoms with Gasteiger partial charge in [0.15, 0.2) is 0 Å². The fourth-order valence-electron chi connectivity index (χ4n) is 2.73. The molecule has 1 heterocycles. The summed E-state index contributed by atoms with van der Waals surface area (Å²) in [5, 5.41) is 2.60. The van der Waals surface area contributed by atoms with E-state index in [1.54, 1.807) is 32.4 Å². The van der Waals surface area contributed by atoms with Gasteiger partial charge in [-0.15, -0.1) is 13.2 Å². The van der Waals surface area contributed by atoms with Crippen molar-refractivity contribution in [3.8, 4) is 5.75 Å². The zero-order valence-corrected chi connectivity index (χ0v) is 15.2. The highest BCUT2D eigenvalue weighted by molar-refractivity contribution is 6.08. The maximum atomic E-state index is 12.6. The van der Waals surface area contributed by atoms with E-state index in [1.807, 2.05) is 0 Å². The fourth-order valence-corrected chi connectivity index (χ4v) is 2.73. The monoisotopic (exact) mass is 384 g/mol. The van der Waals surface area contributed by atoms with E-state index in [0.717, 1.165) is 12.1 Å². The Morgan fingerprint density at radius 2 is 1.74 bits per heavy atom. The van der Waals surface area contributed by atoms with Crippen LogP contribution in [0.4, 0.5) is 18.9 Å². The van der Waals surface area contributed by atoms with Crippen molar-refractivity contribution < 1.29 is 32.2 Å². The number of hydrogen-bond donors (Lipinski definition) is 1. The first-order chi connectivity index (χ1) is 12.5. The van der Waals surface area contributed by atoms with Gasteiger partial charge in [-0.25, -0.2) is 4.79 Å². The lowest BCUT2D eigenvalue weighted by Gasteiger charge is -2.10. The highest BCUT2D eigenvalue weighted by Crippen LogP contribution is 2.26. The molecule has 0 spiro atoms. The van der Waals surface area contributed by atoms with Gasteiger partial charge in [-0.1, -0.05) is 0 Å². The summed E-state index contributed by atoms with van der Waals surface area (Å²) in [5.41, 5.74) is 1.88. The summed E-state index contributed by atoms with van der Waals surface area (Å²) in [6.45, 7) is 5.21. The Kier molecular flexibility index (Phi) is 5.82. The van der Waals surface area contributed by atoms with Crippen molar-refractivity contribution in [1.82, 2.24) is 4.57 Å². The van der Waals surface area contributed by atoms with E-state index in [4.69, 9.17) is 4.74 Å². The van der Waals surface area contributed by atoms with Crippen molar-refractivity contribution in [2.45, 2.75) is 27.1 Å². The number of nitrogens with zero attached hydrogens (tertiary/aromatic N) is 1. The third-order valence-corrected chi connectivity index (χ3v) is 3.97. The molecule has 0 atom stereocenters. The van der Waals surface area contributed by atoms with Crippen LogP contribution in [0.25, 0.3) is 0 Å². The summed E-state index contributed by atoms with van der Waals surface area (Å²) in [6, 6.07) is 4.77. The van der Waals surface area contributed by atoms with Gasteiger partial charge in [0.05, 0.1) is 12.2 Å². The number of alkyl halides is 3. The Hall–Kier alpha value is -2.97. The van der Waals surface area contributed by atoms with Crippen LogP contribution in [0, 0.1) is 13.8 Å². The second kappa shape index (κ2) is 7.73. The molecule has 1 amide bonds. The minimum absolute atomic E-state index is 0.205. The van der Waals surface area contributed by atoms with E-state index >= 15 is 0 Å². The van der Waals surface area contributed by atoms with E-state index in [0.29, 0.717) is 16.8 Å². The summed E-state index contributed by atoms with van der Waals surface area (Å²) >= 11 is 0. The number of hydrogen-bond acceptors (Lipinski definition) is 4. The number of carbonyl (C=O) groups excluding carboxylic acids is 2. The molecule has 1 N–H and O–H groups in total. The van der Waals surface area contributed by atoms with Crippen LogP contribution in [0.1, 0.15) is 39.0 Å². The molecule has 0 aliphatic heterocycles. The number of ether oxygens (including phenoxy) is 2. The number of halogens is 3. The maximum Gasteiger partial charge on any atom is 0.573 e. The summed E-state index contributed by atoms with van der Waals surface area (Å²) in [5.74, 6) is -1.41. The van der Waals surface area contributed by atoms with Crippen molar-refractivity contribution in [2.75, 3.05) is 11.9 Å². The Balaban J connectivity index is 2.24. The summed E-state index contributed by atoms with van der Waals surface area (Å²) in [6.07, 6.45) is -4.79. The van der Waals surface area contributed by atoms with Crippen LogP contribution in [0.2, 0.25) is 0 Å². The van der Waals surface area contributed by atoms with E-state index in [-0.39, 0.29) is 18.0 Å². The van der Waals surface area contributed by atoms with Gasteiger partial charge in [0.1, 0.15) is 11.4 Å². The lowest BCUT2D eigenvalue weighted by Crippen LogP contribution is -2.17. The van der Waals surface area contributed by atoms with Crippen LogP contribution in [0.15, 0.2) is 24.3 Å². The molecular weight excluding hydrogens is 365 g/mol. The first kappa shape index (κ1) is 20.3. The molecule has 1 aromatic carbocycles. The number of anilines is 1. The Morgan fingerprint density at radius 1 is 1.15 bits per heavy atom. The second-order valence-electron chi connectivity index (χ2n) is 5.74. The minimum Gasteiger partial charge on any atom is -0.461 e. The van der Waals surface area contributed by atoms with Crippen molar-refractivity contribution in [1.29, 1.82) is 0 Å². The molecule has 0 saturated heterocycles. The van der Waals surface area contributed by atoms with Crippen LogP contribution >= 0.6 is 0 Å². The molecule has 2 aromatic rings. The number of carbonyl (C=O) groups is 2. The SMILES string of the molecule is CCOC(=O)c1c(C)c(C(=O)Nc2ccc(OC(F)(F)F)cc2)c(C)n1C. The van der Waals surface area contributed by atoms with Gasteiger partial charge in [0, 0.05) is 18.4 Å². The van der Waals surface area contributed by atoms with Crippen molar-refractivity contribution >= 4 is 17.6 Å². The van der Waals surface area contributed by atoms with E-state index in [2.05, 4.69) is 10.1 Å². The molecule has 0 bridgehead atoms. The Labute approximate surface area is 153 Å². The van der Waals surface area contributed by atoms with Gasteiger partial charge < -0.3 is 19.4 Å². The molecule has 0 aliphatic rings.